The third-order valence-electron chi connectivity index (χ3n) is 3.03. The highest BCUT2D eigenvalue weighted by Gasteiger charge is 2.25. The summed E-state index contributed by atoms with van der Waals surface area (Å²) in [7, 11) is 0. The molecule has 0 fully saturated rings. The second kappa shape index (κ2) is 5.04. The van der Waals surface area contributed by atoms with Crippen molar-refractivity contribution < 1.29 is 14.6 Å². The van der Waals surface area contributed by atoms with Crippen molar-refractivity contribution in [3.8, 4) is 0 Å². The molecule has 1 N–H and O–H groups in total. The first-order valence-corrected chi connectivity index (χ1v) is 5.80. The molecular weight excluding hydrogens is 216 g/mol. The van der Waals surface area contributed by atoms with Crippen LogP contribution < -0.4 is 0 Å². The van der Waals surface area contributed by atoms with Gasteiger partial charge in [-0.05, 0) is 25.3 Å². The van der Waals surface area contributed by atoms with Crippen LogP contribution in [0.4, 0.5) is 0 Å². The Morgan fingerprint density at radius 3 is 2.71 bits per heavy atom. The smallest absolute Gasteiger partial charge is 0.337 e. The van der Waals surface area contributed by atoms with E-state index in [1.165, 1.54) is 5.56 Å². The third-order valence-corrected chi connectivity index (χ3v) is 3.03. The lowest BCUT2D eigenvalue weighted by Gasteiger charge is -2.23. The average Bonchev–Trinajstić information content (AvgIpc) is 2.34. The van der Waals surface area contributed by atoms with E-state index in [4.69, 9.17) is 4.74 Å². The van der Waals surface area contributed by atoms with Crippen molar-refractivity contribution in [1.29, 1.82) is 0 Å². The molecule has 1 heterocycles. The lowest BCUT2D eigenvalue weighted by Crippen LogP contribution is -2.26. The molecule has 0 amide bonds. The van der Waals surface area contributed by atoms with Crippen LogP contribution in [0.5, 0.6) is 0 Å². The summed E-state index contributed by atoms with van der Waals surface area (Å²) in [6, 6.07) is 10.0. The Balaban J connectivity index is 1.92. The van der Waals surface area contributed by atoms with Crippen LogP contribution >= 0.6 is 0 Å². The van der Waals surface area contributed by atoms with Gasteiger partial charge in [-0.3, -0.25) is 0 Å². The maximum atomic E-state index is 11.4. The zero-order valence-corrected chi connectivity index (χ0v) is 9.85. The normalized spacial score (nSPS) is 20.3. The Morgan fingerprint density at radius 2 is 2.06 bits per heavy atom. The molecule has 1 aromatic carbocycles. The molecule has 0 aromatic heterocycles. The summed E-state index contributed by atoms with van der Waals surface area (Å²) >= 11 is 0. The fourth-order valence-corrected chi connectivity index (χ4v) is 1.90. The number of hydrogen-bond donors (Lipinski definition) is 1. The number of esters is 1. The van der Waals surface area contributed by atoms with Crippen LogP contribution in [0.25, 0.3) is 0 Å². The summed E-state index contributed by atoms with van der Waals surface area (Å²) in [4.78, 5) is 11.4. The van der Waals surface area contributed by atoms with Gasteiger partial charge in [0, 0.05) is 6.42 Å². The van der Waals surface area contributed by atoms with E-state index in [1.807, 2.05) is 30.3 Å². The first kappa shape index (κ1) is 11.7. The number of aliphatic hydroxyl groups is 1. The maximum absolute atomic E-state index is 11.4. The van der Waals surface area contributed by atoms with Crippen LogP contribution in [0.3, 0.4) is 0 Å². The molecule has 1 aromatic rings. The van der Waals surface area contributed by atoms with E-state index in [-0.39, 0.29) is 11.9 Å². The van der Waals surface area contributed by atoms with Crippen LogP contribution in [0.15, 0.2) is 41.7 Å². The number of benzene rings is 1. The monoisotopic (exact) mass is 232 g/mol. The molecule has 1 aliphatic rings. The zero-order chi connectivity index (χ0) is 12.3. The summed E-state index contributed by atoms with van der Waals surface area (Å²) < 4.78 is 5.23. The molecule has 1 unspecified atom stereocenters. The Kier molecular flexibility index (Phi) is 3.47. The van der Waals surface area contributed by atoms with Gasteiger partial charge in [-0.1, -0.05) is 30.3 Å². The number of hydrogen-bond acceptors (Lipinski definition) is 3. The molecule has 0 saturated heterocycles. The summed E-state index contributed by atoms with van der Waals surface area (Å²) in [6.45, 7) is 1.59. The average molecular weight is 232 g/mol. The molecule has 0 radical (unpaired) electrons. The van der Waals surface area contributed by atoms with E-state index in [9.17, 15) is 9.90 Å². The van der Waals surface area contributed by atoms with E-state index in [2.05, 4.69) is 0 Å². The van der Waals surface area contributed by atoms with Gasteiger partial charge < -0.3 is 9.84 Å². The standard InChI is InChI=1S/C14H16O3/c1-10-13(15)9-12(17-14(10)16)8-7-11-5-3-2-4-6-11/h2-6,12,15H,7-9H2,1H3. The van der Waals surface area contributed by atoms with Gasteiger partial charge in [0.25, 0.3) is 0 Å². The Labute approximate surface area is 101 Å². The summed E-state index contributed by atoms with van der Waals surface area (Å²) in [5, 5.41) is 9.59. The van der Waals surface area contributed by atoms with Crippen molar-refractivity contribution >= 4 is 5.97 Å². The summed E-state index contributed by atoms with van der Waals surface area (Å²) in [5.74, 6) is -0.230. The fourth-order valence-electron chi connectivity index (χ4n) is 1.90. The minimum Gasteiger partial charge on any atom is -0.512 e. The maximum Gasteiger partial charge on any atom is 0.337 e. The molecule has 90 valence electrons. The van der Waals surface area contributed by atoms with Crippen molar-refractivity contribution in [2.24, 2.45) is 0 Å². The van der Waals surface area contributed by atoms with E-state index in [0.717, 1.165) is 12.8 Å². The van der Waals surface area contributed by atoms with Gasteiger partial charge in [0.2, 0.25) is 0 Å². The summed E-state index contributed by atoms with van der Waals surface area (Å²) in [5.41, 5.74) is 1.55. The first-order chi connectivity index (χ1) is 8.16. The van der Waals surface area contributed by atoms with Gasteiger partial charge in [0.1, 0.15) is 11.9 Å². The van der Waals surface area contributed by atoms with Crippen molar-refractivity contribution in [2.75, 3.05) is 0 Å². The molecule has 3 heteroatoms. The first-order valence-electron chi connectivity index (χ1n) is 5.80. The molecule has 0 aliphatic carbocycles. The van der Waals surface area contributed by atoms with Crippen molar-refractivity contribution in [2.45, 2.75) is 32.3 Å². The second-order valence-corrected chi connectivity index (χ2v) is 4.33. The quantitative estimate of drug-likeness (QED) is 0.815. The SMILES string of the molecule is CC1=C(O)CC(CCc2ccccc2)OC1=O. The van der Waals surface area contributed by atoms with Crippen LogP contribution in [0.2, 0.25) is 0 Å². The van der Waals surface area contributed by atoms with E-state index in [0.29, 0.717) is 12.0 Å². The fraction of sp³-hybridized carbons (Fsp3) is 0.357. The second-order valence-electron chi connectivity index (χ2n) is 4.33. The number of carbonyl (C=O) groups excluding carboxylic acids is 1. The van der Waals surface area contributed by atoms with Gasteiger partial charge >= 0.3 is 5.97 Å². The van der Waals surface area contributed by atoms with Gasteiger partial charge in [-0.25, -0.2) is 4.79 Å². The number of carbonyl (C=O) groups is 1. The molecule has 0 saturated carbocycles. The van der Waals surface area contributed by atoms with E-state index < -0.39 is 5.97 Å². The van der Waals surface area contributed by atoms with E-state index in [1.54, 1.807) is 6.92 Å². The number of cyclic esters (lactones) is 1. The molecule has 1 atom stereocenters. The molecule has 17 heavy (non-hydrogen) atoms. The van der Waals surface area contributed by atoms with Crippen molar-refractivity contribution in [1.82, 2.24) is 0 Å². The van der Waals surface area contributed by atoms with Crippen LogP contribution in [-0.4, -0.2) is 17.2 Å². The minimum absolute atomic E-state index is 0.166. The van der Waals surface area contributed by atoms with Crippen LogP contribution in [-0.2, 0) is 16.0 Å². The van der Waals surface area contributed by atoms with Gasteiger partial charge in [-0.15, -0.1) is 0 Å². The molecule has 0 bridgehead atoms. The predicted octanol–water partition coefficient (Wildman–Crippen LogP) is 2.77. The highest BCUT2D eigenvalue weighted by Crippen LogP contribution is 2.22. The van der Waals surface area contributed by atoms with E-state index >= 15 is 0 Å². The van der Waals surface area contributed by atoms with Crippen molar-refractivity contribution in [3.05, 3.63) is 47.2 Å². The van der Waals surface area contributed by atoms with Crippen molar-refractivity contribution in [3.63, 3.8) is 0 Å². The Hall–Kier alpha value is -1.77. The number of aryl methyl sites for hydroxylation is 1. The highest BCUT2D eigenvalue weighted by atomic mass is 16.5. The lowest BCUT2D eigenvalue weighted by molar-refractivity contribution is -0.146. The number of rotatable bonds is 3. The molecule has 0 spiro atoms. The molecule has 2 rings (SSSR count). The number of ether oxygens (including phenoxy) is 1. The van der Waals surface area contributed by atoms with Crippen LogP contribution in [0, 0.1) is 0 Å². The Bertz CT molecular complexity index is 434. The summed E-state index contributed by atoms with van der Waals surface area (Å²) in [6.07, 6.45) is 1.83. The lowest BCUT2D eigenvalue weighted by atomic mass is 10.0. The molecular formula is C14H16O3. The predicted molar refractivity (Wildman–Crippen MR) is 64.6 cm³/mol. The molecule has 3 nitrogen and oxygen atoms in total. The van der Waals surface area contributed by atoms with Crippen LogP contribution in [0.1, 0.15) is 25.3 Å². The minimum atomic E-state index is -0.396. The topological polar surface area (TPSA) is 46.5 Å². The Morgan fingerprint density at radius 1 is 1.35 bits per heavy atom. The highest BCUT2D eigenvalue weighted by molar-refractivity contribution is 5.89. The zero-order valence-electron chi connectivity index (χ0n) is 9.85. The largest absolute Gasteiger partial charge is 0.512 e. The molecule has 1 aliphatic heterocycles. The van der Waals surface area contributed by atoms with Gasteiger partial charge in [0.05, 0.1) is 5.57 Å². The van der Waals surface area contributed by atoms with Gasteiger partial charge in [-0.2, -0.15) is 0 Å². The third kappa shape index (κ3) is 2.87. The number of aliphatic hydroxyl groups excluding tert-OH is 1. The van der Waals surface area contributed by atoms with Gasteiger partial charge in [0.15, 0.2) is 0 Å².